The third kappa shape index (κ3) is 9.41. The van der Waals surface area contributed by atoms with E-state index in [1.807, 2.05) is 0 Å². The summed E-state index contributed by atoms with van der Waals surface area (Å²) in [6.45, 7) is 0.341. The van der Waals surface area contributed by atoms with E-state index in [2.05, 4.69) is 18.5 Å². The first-order valence-corrected chi connectivity index (χ1v) is 12.3. The molecule has 4 unspecified atom stereocenters. The minimum absolute atomic E-state index is 0.248. The molecule has 0 radical (unpaired) electrons. The molecular formula is C11H21FN3O12P3. The molecule has 0 aromatic carbocycles. The van der Waals surface area contributed by atoms with E-state index >= 15 is 0 Å². The number of nitrogens with one attached hydrogen (secondary N) is 2. The van der Waals surface area contributed by atoms with Crippen molar-refractivity contribution in [2.45, 2.75) is 25.4 Å². The topological polar surface area (TPSA) is 225 Å². The van der Waals surface area contributed by atoms with Gasteiger partial charge in [-0.2, -0.15) is 8.62 Å². The highest BCUT2D eigenvalue weighted by atomic mass is 31.3. The summed E-state index contributed by atoms with van der Waals surface area (Å²) in [6, 6.07) is 0. The average Bonchev–Trinajstić information content (AvgIpc) is 2.83. The molecule has 174 valence electrons. The summed E-state index contributed by atoms with van der Waals surface area (Å²) >= 11 is 0. The monoisotopic (exact) mass is 499 g/mol. The lowest BCUT2D eigenvalue weighted by atomic mass is 10.0. The van der Waals surface area contributed by atoms with Crippen LogP contribution in [0.3, 0.4) is 0 Å². The Kier molecular flexibility index (Phi) is 9.07. The average molecular weight is 499 g/mol. The van der Waals surface area contributed by atoms with Gasteiger partial charge in [-0.05, 0) is 6.08 Å². The van der Waals surface area contributed by atoms with Crippen molar-refractivity contribution in [3.63, 3.8) is 0 Å². The van der Waals surface area contributed by atoms with Gasteiger partial charge in [-0.3, -0.25) is 14.7 Å². The molecule has 5 atom stereocenters. The molecule has 1 rings (SSSR count). The van der Waals surface area contributed by atoms with Crippen LogP contribution in [0.1, 0.15) is 13.3 Å². The second-order valence-corrected chi connectivity index (χ2v) is 10.5. The maximum Gasteiger partial charge on any atom is 0.490 e. The molecule has 0 aromatic heterocycles. The van der Waals surface area contributed by atoms with Crippen LogP contribution in [0, 0.1) is 11.3 Å². The molecule has 0 bridgehead atoms. The first kappa shape index (κ1) is 27.0. The lowest BCUT2D eigenvalue weighted by Gasteiger charge is -2.27. The predicted octanol–water partition coefficient (Wildman–Crippen LogP) is 0.547. The van der Waals surface area contributed by atoms with Crippen molar-refractivity contribution in [3.05, 3.63) is 12.3 Å². The van der Waals surface area contributed by atoms with E-state index in [0.29, 0.717) is 0 Å². The van der Waals surface area contributed by atoms with Crippen LogP contribution in [0.15, 0.2) is 12.3 Å². The summed E-state index contributed by atoms with van der Waals surface area (Å²) in [5, 5.41) is 9.44. The van der Waals surface area contributed by atoms with Crippen LogP contribution in [-0.4, -0.2) is 62.5 Å². The minimum Gasteiger partial charge on any atom is -0.355 e. The summed E-state index contributed by atoms with van der Waals surface area (Å²) < 4.78 is 64.9. The molecule has 0 saturated carbocycles. The molecule has 1 saturated heterocycles. The lowest BCUT2D eigenvalue weighted by Crippen LogP contribution is -2.35. The Morgan fingerprint density at radius 3 is 2.43 bits per heavy atom. The highest BCUT2D eigenvalue weighted by Gasteiger charge is 2.49. The fraction of sp³-hybridized carbons (Fsp3) is 0.636. The Bertz CT molecular complexity index is 820. The Hall–Kier alpha value is -1.02. The van der Waals surface area contributed by atoms with Crippen molar-refractivity contribution in [3.8, 4) is 0 Å². The fourth-order valence-electron chi connectivity index (χ4n) is 2.41. The third-order valence-electron chi connectivity index (χ3n) is 3.40. The first-order valence-electron chi connectivity index (χ1n) is 7.81. The number of hydrogen-bond acceptors (Lipinski definition) is 10. The Balaban J connectivity index is 2.72. The van der Waals surface area contributed by atoms with Crippen molar-refractivity contribution in [1.82, 2.24) is 10.2 Å². The molecule has 19 heteroatoms. The Morgan fingerprint density at radius 2 is 1.90 bits per heavy atom. The molecule has 30 heavy (non-hydrogen) atoms. The van der Waals surface area contributed by atoms with E-state index in [1.165, 1.54) is 24.2 Å². The van der Waals surface area contributed by atoms with Gasteiger partial charge in [0.05, 0.1) is 0 Å². The second-order valence-electron chi connectivity index (χ2n) is 6.09. The van der Waals surface area contributed by atoms with Crippen LogP contribution >= 0.6 is 23.5 Å². The molecule has 1 aliphatic rings. The molecule has 1 aliphatic heterocycles. The molecule has 1 amide bonds. The summed E-state index contributed by atoms with van der Waals surface area (Å²) in [5.41, 5.74) is 0. The largest absolute Gasteiger partial charge is 0.490 e. The first-order chi connectivity index (χ1) is 13.5. The summed E-state index contributed by atoms with van der Waals surface area (Å²) in [4.78, 5) is 47.0. The zero-order valence-corrected chi connectivity index (χ0v) is 18.2. The number of carbonyl (C=O) groups excluding carboxylic acids is 1. The molecule has 0 aliphatic carbocycles. The maximum atomic E-state index is 14.9. The van der Waals surface area contributed by atoms with Crippen LogP contribution in [0.4, 0.5) is 4.39 Å². The SMILES string of the molecule is CC1C[C@@](F)(COP(=O)(O)OP(=O)(O)OP(=O)(O)O)OC1N(C)/C=C\C(=N)NC=O. The van der Waals surface area contributed by atoms with Gasteiger partial charge in [-0.1, -0.05) is 6.92 Å². The van der Waals surface area contributed by atoms with Gasteiger partial charge in [-0.15, -0.1) is 0 Å². The molecule has 0 spiro atoms. The third-order valence-corrected chi connectivity index (χ3v) is 7.18. The Morgan fingerprint density at radius 1 is 1.30 bits per heavy atom. The van der Waals surface area contributed by atoms with Crippen molar-refractivity contribution < 1.29 is 60.3 Å². The zero-order valence-electron chi connectivity index (χ0n) is 15.5. The van der Waals surface area contributed by atoms with E-state index < -0.39 is 48.1 Å². The molecule has 1 fully saturated rings. The molecular weight excluding hydrogens is 478 g/mol. The number of nitrogens with zero attached hydrogens (tertiary/aromatic N) is 1. The van der Waals surface area contributed by atoms with Gasteiger partial charge in [0, 0.05) is 25.6 Å². The quantitative estimate of drug-likeness (QED) is 0.0989. The number of phosphoric acid groups is 3. The van der Waals surface area contributed by atoms with Gasteiger partial charge in [-0.25, -0.2) is 18.1 Å². The van der Waals surface area contributed by atoms with Gasteiger partial charge in [0.15, 0.2) is 0 Å². The van der Waals surface area contributed by atoms with Crippen LogP contribution in [0.5, 0.6) is 0 Å². The minimum atomic E-state index is -5.72. The number of phosphoric ester groups is 1. The molecule has 0 aromatic rings. The highest BCUT2D eigenvalue weighted by Crippen LogP contribution is 2.66. The highest BCUT2D eigenvalue weighted by molar-refractivity contribution is 7.66. The number of rotatable bonds is 11. The molecule has 15 nitrogen and oxygen atoms in total. The summed E-state index contributed by atoms with van der Waals surface area (Å²) in [7, 11) is -15.3. The summed E-state index contributed by atoms with van der Waals surface area (Å²) in [5.74, 6) is -3.38. The smallest absolute Gasteiger partial charge is 0.355 e. The number of hydrogen-bond donors (Lipinski definition) is 6. The number of amides is 1. The standard InChI is InChI=1S/C11H21FN3O12P3/c1-8-5-11(12,25-10(8)15(2)4-3-9(13)14-7-16)6-24-29(20,21)27-30(22,23)26-28(17,18)19/h3-4,7-8,10H,5-6H2,1-2H3,(H,20,21)(H,22,23)(H2,13,14,16)(H2,17,18,19)/b4-3-/t8?,10?,11-/m0/s1. The number of amidine groups is 1. The van der Waals surface area contributed by atoms with Crippen molar-refractivity contribution in [2.24, 2.45) is 5.92 Å². The van der Waals surface area contributed by atoms with Gasteiger partial charge in [0.25, 0.3) is 0 Å². The maximum absolute atomic E-state index is 14.9. The number of ether oxygens (including phenoxy) is 1. The van der Waals surface area contributed by atoms with Crippen LogP contribution in [0.25, 0.3) is 0 Å². The summed E-state index contributed by atoms with van der Waals surface area (Å²) in [6.07, 6.45) is 1.54. The van der Waals surface area contributed by atoms with Gasteiger partial charge in [0.1, 0.15) is 18.7 Å². The van der Waals surface area contributed by atoms with Crippen molar-refractivity contribution >= 4 is 35.7 Å². The zero-order chi connectivity index (χ0) is 23.4. The van der Waals surface area contributed by atoms with Gasteiger partial charge in [0.2, 0.25) is 12.3 Å². The van der Waals surface area contributed by atoms with Crippen molar-refractivity contribution in [2.75, 3.05) is 13.7 Å². The number of carbonyl (C=O) groups is 1. The molecule has 6 N–H and O–H groups in total. The van der Waals surface area contributed by atoms with Crippen LogP contribution in [-0.2, 0) is 36.4 Å². The van der Waals surface area contributed by atoms with E-state index in [4.69, 9.17) is 24.8 Å². The van der Waals surface area contributed by atoms with Gasteiger partial charge < -0.3 is 34.5 Å². The Labute approximate surface area is 169 Å². The van der Waals surface area contributed by atoms with E-state index in [1.54, 1.807) is 6.92 Å². The second kappa shape index (κ2) is 10.1. The normalized spacial score (nSPS) is 28.6. The predicted molar refractivity (Wildman–Crippen MR) is 96.1 cm³/mol. The van der Waals surface area contributed by atoms with Crippen LogP contribution < -0.4 is 5.32 Å². The molecule has 1 heterocycles. The number of alkyl halides is 1. The number of halogens is 1. The fourth-order valence-corrected chi connectivity index (χ4v) is 5.46. The lowest BCUT2D eigenvalue weighted by molar-refractivity contribution is -0.181. The van der Waals surface area contributed by atoms with E-state index in [9.17, 15) is 27.8 Å². The van der Waals surface area contributed by atoms with Crippen molar-refractivity contribution in [1.29, 1.82) is 5.41 Å². The van der Waals surface area contributed by atoms with E-state index in [0.717, 1.165) is 0 Å². The van der Waals surface area contributed by atoms with E-state index in [-0.39, 0.29) is 18.7 Å². The van der Waals surface area contributed by atoms with Gasteiger partial charge >= 0.3 is 23.5 Å². The van der Waals surface area contributed by atoms with Crippen LogP contribution in [0.2, 0.25) is 0 Å².